The van der Waals surface area contributed by atoms with Gasteiger partial charge in [0, 0.05) is 31.0 Å². The summed E-state index contributed by atoms with van der Waals surface area (Å²) in [4.78, 5) is 26.3. The molecule has 12 heteroatoms. The lowest BCUT2D eigenvalue weighted by Crippen LogP contribution is -2.36. The highest BCUT2D eigenvalue weighted by molar-refractivity contribution is 6.00. The normalized spacial score (nSPS) is 13.8. The number of hydrogen-bond acceptors (Lipinski definition) is 7. The molecule has 4 heterocycles. The summed E-state index contributed by atoms with van der Waals surface area (Å²) in [5.74, 6) is 0.780. The molecule has 0 atom stereocenters. The van der Waals surface area contributed by atoms with Crippen LogP contribution in [0.25, 0.3) is 0 Å². The van der Waals surface area contributed by atoms with Gasteiger partial charge in [-0.3, -0.25) is 9.48 Å². The molecule has 3 aromatic rings. The summed E-state index contributed by atoms with van der Waals surface area (Å²) in [6, 6.07) is 2.46. The molecule has 3 aromatic heterocycles. The predicted molar refractivity (Wildman–Crippen MR) is 121 cm³/mol. The lowest BCUT2D eigenvalue weighted by atomic mass is 10.0. The largest absolute Gasteiger partial charge is 0.433 e. The van der Waals surface area contributed by atoms with Crippen molar-refractivity contribution in [2.24, 2.45) is 0 Å². The quantitative estimate of drug-likeness (QED) is 0.563. The summed E-state index contributed by atoms with van der Waals surface area (Å²) in [7, 11) is 1.79. The highest BCUT2D eigenvalue weighted by atomic mass is 19.4. The minimum Gasteiger partial charge on any atom is -0.350 e. The number of nitrogens with one attached hydrogen (secondary N) is 2. The predicted octanol–water partition coefficient (Wildman–Crippen LogP) is 3.57. The van der Waals surface area contributed by atoms with Gasteiger partial charge in [-0.15, -0.1) is 0 Å². The number of carbonyl (C=O) groups excluding carboxylic acids is 1. The van der Waals surface area contributed by atoms with Gasteiger partial charge in [0.25, 0.3) is 0 Å². The Balaban J connectivity index is 1.47. The summed E-state index contributed by atoms with van der Waals surface area (Å²) in [6.07, 6.45) is -0.992. The fraction of sp³-hybridized carbons (Fsp3) is 0.409. The van der Waals surface area contributed by atoms with E-state index in [1.807, 2.05) is 20.0 Å². The van der Waals surface area contributed by atoms with Crippen molar-refractivity contribution in [3.8, 4) is 0 Å². The van der Waals surface area contributed by atoms with Gasteiger partial charge in [0.15, 0.2) is 5.82 Å². The second-order valence-corrected chi connectivity index (χ2v) is 8.53. The first-order chi connectivity index (χ1) is 16.0. The zero-order valence-corrected chi connectivity index (χ0v) is 19.2. The molecule has 4 rings (SSSR count). The van der Waals surface area contributed by atoms with Gasteiger partial charge in [-0.25, -0.2) is 9.97 Å². The summed E-state index contributed by atoms with van der Waals surface area (Å²) in [6.45, 7) is 6.34. The molecule has 180 valence electrons. The number of rotatable bonds is 6. The summed E-state index contributed by atoms with van der Waals surface area (Å²) < 4.78 is 40.8. The number of nitrogens with zero attached hydrogens (tertiary/aromatic N) is 6. The van der Waals surface area contributed by atoms with Gasteiger partial charge in [0.1, 0.15) is 11.4 Å². The molecular weight excluding hydrogens is 449 g/mol. The second kappa shape index (κ2) is 8.92. The SMILES string of the molecule is Cc1nc(NCc2cnn(Cc3ccc(C(F)(F)F)nc3C(C)C)c2)nc2c1NC(=O)CN2C. The second-order valence-electron chi connectivity index (χ2n) is 8.53. The average molecular weight is 474 g/mol. The Morgan fingerprint density at radius 2 is 1.97 bits per heavy atom. The standard InChI is InChI=1S/C22H25F3N8O/c1-12(2)18-15(5-6-16(29-18)22(23,24)25)10-33-9-14(8-27-33)7-26-21-28-13(3)19-20(31-21)32(4)11-17(34)30-19/h5-6,8-9,12H,7,10-11H2,1-4H3,(H,30,34)(H,26,28,31). The fourth-order valence-electron chi connectivity index (χ4n) is 3.76. The average Bonchev–Trinajstić information content (AvgIpc) is 3.19. The first-order valence-corrected chi connectivity index (χ1v) is 10.7. The van der Waals surface area contributed by atoms with Crippen LogP contribution >= 0.6 is 0 Å². The molecule has 9 nitrogen and oxygen atoms in total. The van der Waals surface area contributed by atoms with Crippen molar-refractivity contribution in [3.63, 3.8) is 0 Å². The maximum atomic E-state index is 13.1. The van der Waals surface area contributed by atoms with Crippen molar-refractivity contribution in [2.45, 2.75) is 46.0 Å². The van der Waals surface area contributed by atoms with Crippen molar-refractivity contribution in [3.05, 3.63) is 52.7 Å². The first-order valence-electron chi connectivity index (χ1n) is 10.7. The Labute approximate surface area is 194 Å². The van der Waals surface area contributed by atoms with Gasteiger partial charge in [0.2, 0.25) is 11.9 Å². The third kappa shape index (κ3) is 4.95. The minimum atomic E-state index is -4.48. The van der Waals surface area contributed by atoms with Gasteiger partial charge in [-0.05, 0) is 24.5 Å². The molecule has 1 amide bonds. The molecule has 0 saturated heterocycles. The third-order valence-corrected chi connectivity index (χ3v) is 5.40. The van der Waals surface area contributed by atoms with Crippen LogP contribution in [0.15, 0.2) is 24.5 Å². The fourth-order valence-corrected chi connectivity index (χ4v) is 3.76. The molecule has 0 fully saturated rings. The first kappa shape index (κ1) is 23.5. The summed E-state index contributed by atoms with van der Waals surface area (Å²) in [5.41, 5.74) is 2.30. The van der Waals surface area contributed by atoms with E-state index in [4.69, 9.17) is 0 Å². The van der Waals surface area contributed by atoms with Crippen LogP contribution in [-0.4, -0.2) is 44.2 Å². The zero-order chi connectivity index (χ0) is 24.6. The van der Waals surface area contributed by atoms with Crippen LogP contribution in [0, 0.1) is 6.92 Å². The molecule has 1 aliphatic heterocycles. The van der Waals surface area contributed by atoms with Crippen LogP contribution in [0.3, 0.4) is 0 Å². The van der Waals surface area contributed by atoms with E-state index in [1.165, 1.54) is 6.07 Å². The van der Waals surface area contributed by atoms with Gasteiger partial charge in [-0.1, -0.05) is 19.9 Å². The molecule has 0 aliphatic carbocycles. The third-order valence-electron chi connectivity index (χ3n) is 5.40. The van der Waals surface area contributed by atoms with Crippen LogP contribution in [0.1, 0.15) is 48.0 Å². The Hall–Kier alpha value is -3.70. The smallest absolute Gasteiger partial charge is 0.350 e. The Kier molecular flexibility index (Phi) is 6.15. The number of aromatic nitrogens is 5. The van der Waals surface area contributed by atoms with E-state index in [-0.39, 0.29) is 18.4 Å². The van der Waals surface area contributed by atoms with Crippen molar-refractivity contribution >= 4 is 23.4 Å². The monoisotopic (exact) mass is 474 g/mol. The van der Waals surface area contributed by atoms with E-state index < -0.39 is 11.9 Å². The van der Waals surface area contributed by atoms with E-state index in [2.05, 4.69) is 30.7 Å². The Morgan fingerprint density at radius 3 is 2.68 bits per heavy atom. The summed E-state index contributed by atoms with van der Waals surface area (Å²) in [5, 5.41) is 10.3. The van der Waals surface area contributed by atoms with Crippen molar-refractivity contribution in [1.29, 1.82) is 0 Å². The highest BCUT2D eigenvalue weighted by Crippen LogP contribution is 2.31. The number of likely N-dealkylation sites (N-methyl/N-ethyl adjacent to an activating group) is 1. The maximum absolute atomic E-state index is 13.1. The number of anilines is 3. The van der Waals surface area contributed by atoms with Crippen LogP contribution in [-0.2, 0) is 24.1 Å². The maximum Gasteiger partial charge on any atom is 0.433 e. The molecule has 34 heavy (non-hydrogen) atoms. The van der Waals surface area contributed by atoms with Crippen LogP contribution in [0.2, 0.25) is 0 Å². The van der Waals surface area contributed by atoms with Gasteiger partial charge in [-0.2, -0.15) is 23.3 Å². The van der Waals surface area contributed by atoms with E-state index in [0.717, 1.165) is 11.6 Å². The van der Waals surface area contributed by atoms with Crippen LogP contribution in [0.4, 0.5) is 30.6 Å². The van der Waals surface area contributed by atoms with Crippen LogP contribution in [0.5, 0.6) is 0 Å². The summed E-state index contributed by atoms with van der Waals surface area (Å²) >= 11 is 0. The van der Waals surface area contributed by atoms with Gasteiger partial charge in [0.05, 0.1) is 25.0 Å². The molecule has 0 bridgehead atoms. The lowest BCUT2D eigenvalue weighted by molar-refractivity contribution is -0.141. The van der Waals surface area contributed by atoms with Crippen molar-refractivity contribution < 1.29 is 18.0 Å². The van der Waals surface area contributed by atoms with E-state index in [1.54, 1.807) is 29.7 Å². The number of carbonyl (C=O) groups is 1. The van der Waals surface area contributed by atoms with Gasteiger partial charge >= 0.3 is 6.18 Å². The zero-order valence-electron chi connectivity index (χ0n) is 19.2. The number of amides is 1. The Morgan fingerprint density at radius 1 is 1.21 bits per heavy atom. The number of alkyl halides is 3. The van der Waals surface area contributed by atoms with Crippen molar-refractivity contribution in [1.82, 2.24) is 24.7 Å². The van der Waals surface area contributed by atoms with E-state index in [0.29, 0.717) is 47.5 Å². The lowest BCUT2D eigenvalue weighted by Gasteiger charge is -2.27. The number of halogens is 3. The molecule has 0 spiro atoms. The molecule has 0 radical (unpaired) electrons. The highest BCUT2D eigenvalue weighted by Gasteiger charge is 2.33. The van der Waals surface area contributed by atoms with Crippen LogP contribution < -0.4 is 15.5 Å². The molecule has 0 saturated carbocycles. The number of hydrogen-bond donors (Lipinski definition) is 2. The minimum absolute atomic E-state index is 0.112. The van der Waals surface area contributed by atoms with E-state index >= 15 is 0 Å². The Bertz CT molecular complexity index is 1220. The molecular formula is C22H25F3N8O. The van der Waals surface area contributed by atoms with Crippen molar-refractivity contribution in [2.75, 3.05) is 29.1 Å². The number of pyridine rings is 1. The number of fused-ring (bicyclic) bond motifs is 1. The molecule has 2 N–H and O–H groups in total. The molecule has 1 aliphatic rings. The molecule has 0 unspecified atom stereocenters. The van der Waals surface area contributed by atoms with Gasteiger partial charge < -0.3 is 15.5 Å². The molecule has 0 aromatic carbocycles. The number of aryl methyl sites for hydroxylation is 1. The van der Waals surface area contributed by atoms with E-state index in [9.17, 15) is 18.0 Å². The topological polar surface area (TPSA) is 101 Å².